The van der Waals surface area contributed by atoms with Crippen LogP contribution in [0.2, 0.25) is 0 Å². The quantitative estimate of drug-likeness (QED) is 0.210. The number of carbonyl (C=O) groups excluding carboxylic acids is 2. The minimum atomic E-state index is -0.962. The first-order valence-electron chi connectivity index (χ1n) is 12.4. The summed E-state index contributed by atoms with van der Waals surface area (Å²) in [4.78, 5) is 25.3. The lowest BCUT2D eigenvalue weighted by Gasteiger charge is -2.23. The first-order valence-corrected chi connectivity index (χ1v) is 12.4. The maximum Gasteiger partial charge on any atom is 0.408 e. The molecule has 0 unspecified atom stereocenters. The lowest BCUT2D eigenvalue weighted by Crippen LogP contribution is -2.44. The van der Waals surface area contributed by atoms with Crippen LogP contribution in [0.1, 0.15) is 51.2 Å². The van der Waals surface area contributed by atoms with Gasteiger partial charge >= 0.3 is 12.1 Å². The monoisotopic (exact) mass is 513 g/mol. The van der Waals surface area contributed by atoms with Crippen LogP contribution in [0.25, 0.3) is 0 Å². The fourth-order valence-electron chi connectivity index (χ4n) is 3.46. The van der Waals surface area contributed by atoms with Crippen molar-refractivity contribution in [2.45, 2.75) is 64.9 Å². The first-order chi connectivity index (χ1) is 17.7. The smallest absolute Gasteiger partial charge is 0.408 e. The van der Waals surface area contributed by atoms with Crippen molar-refractivity contribution in [2.24, 2.45) is 0 Å². The van der Waals surface area contributed by atoms with E-state index in [-0.39, 0.29) is 19.6 Å². The minimum absolute atomic E-state index is 0.0877. The number of nitrogens with one attached hydrogen (secondary N) is 1. The molecule has 0 saturated carbocycles. The second kappa shape index (κ2) is 15.7. The third kappa shape index (κ3) is 12.4. The maximum atomic E-state index is 12.9. The number of methoxy groups -OCH3 is 1. The molecular weight excluding hydrogens is 474 g/mol. The van der Waals surface area contributed by atoms with Crippen molar-refractivity contribution in [2.75, 3.05) is 20.3 Å². The summed E-state index contributed by atoms with van der Waals surface area (Å²) in [5.74, 6) is 0.216. The molecule has 1 atom stereocenters. The van der Waals surface area contributed by atoms with Gasteiger partial charge in [0.05, 0.1) is 20.3 Å². The van der Waals surface area contributed by atoms with Crippen LogP contribution in [0.3, 0.4) is 0 Å². The van der Waals surface area contributed by atoms with Gasteiger partial charge in [-0.2, -0.15) is 0 Å². The van der Waals surface area contributed by atoms with Gasteiger partial charge in [-0.3, -0.25) is 0 Å². The highest BCUT2D eigenvalue weighted by molar-refractivity contribution is 5.81. The summed E-state index contributed by atoms with van der Waals surface area (Å²) in [5.41, 5.74) is 1.98. The van der Waals surface area contributed by atoms with Gasteiger partial charge in [0.15, 0.2) is 0 Å². The van der Waals surface area contributed by atoms with Crippen LogP contribution in [-0.2, 0) is 32.2 Å². The second-order valence-corrected chi connectivity index (χ2v) is 9.55. The molecule has 0 spiro atoms. The number of rotatable bonds is 14. The average molecular weight is 514 g/mol. The number of hydrogen-bond acceptors (Lipinski definition) is 7. The summed E-state index contributed by atoms with van der Waals surface area (Å²) in [6.45, 7) is 6.12. The van der Waals surface area contributed by atoms with Gasteiger partial charge in [0.1, 0.15) is 24.0 Å². The summed E-state index contributed by atoms with van der Waals surface area (Å²) in [5, 5.41) is 12.2. The third-order valence-electron chi connectivity index (χ3n) is 5.26. The van der Waals surface area contributed by atoms with Crippen LogP contribution in [0, 0.1) is 0 Å². The van der Waals surface area contributed by atoms with Gasteiger partial charge in [-0.05, 0) is 63.3 Å². The van der Waals surface area contributed by atoms with Crippen LogP contribution in [0.5, 0.6) is 5.75 Å². The molecule has 202 valence electrons. The predicted octanol–water partition coefficient (Wildman–Crippen LogP) is 4.94. The molecule has 1 amide bonds. The largest absolute Gasteiger partial charge is 0.497 e. The van der Waals surface area contributed by atoms with Crippen molar-refractivity contribution in [3.63, 3.8) is 0 Å². The van der Waals surface area contributed by atoms with E-state index in [0.717, 1.165) is 22.4 Å². The third-order valence-corrected chi connectivity index (χ3v) is 5.26. The number of hydrogen-bond donors (Lipinski definition) is 2. The van der Waals surface area contributed by atoms with Crippen molar-refractivity contribution >= 4 is 12.1 Å². The van der Waals surface area contributed by atoms with Gasteiger partial charge in [-0.1, -0.05) is 54.1 Å². The van der Waals surface area contributed by atoms with E-state index in [0.29, 0.717) is 26.1 Å². The first kappa shape index (κ1) is 29.9. The maximum absolute atomic E-state index is 12.9. The molecule has 2 N–H and O–H groups in total. The molecular formula is C29H39NO7. The number of amides is 1. The predicted molar refractivity (Wildman–Crippen MR) is 141 cm³/mol. The molecule has 8 nitrogen and oxygen atoms in total. The molecule has 2 aromatic rings. The Balaban J connectivity index is 1.93. The van der Waals surface area contributed by atoms with Gasteiger partial charge in [0, 0.05) is 6.61 Å². The number of ether oxygens (including phenoxy) is 4. The number of aliphatic hydroxyl groups is 1. The molecule has 0 aliphatic rings. The van der Waals surface area contributed by atoms with Crippen molar-refractivity contribution in [1.29, 1.82) is 0 Å². The van der Waals surface area contributed by atoms with Gasteiger partial charge < -0.3 is 29.4 Å². The zero-order chi connectivity index (χ0) is 27.1. The molecule has 0 fully saturated rings. The molecule has 0 saturated heterocycles. The Morgan fingerprint density at radius 1 is 1.00 bits per heavy atom. The molecule has 0 heterocycles. The fourth-order valence-corrected chi connectivity index (χ4v) is 3.46. The zero-order valence-electron chi connectivity index (χ0n) is 22.2. The van der Waals surface area contributed by atoms with Crippen LogP contribution >= 0.6 is 0 Å². The molecule has 0 aromatic heterocycles. The van der Waals surface area contributed by atoms with E-state index in [1.807, 2.05) is 54.6 Å². The van der Waals surface area contributed by atoms with Crippen LogP contribution < -0.4 is 10.1 Å². The minimum Gasteiger partial charge on any atom is -0.497 e. The fraction of sp³-hybridized carbons (Fsp3) is 0.448. The molecule has 0 bridgehead atoms. The zero-order valence-corrected chi connectivity index (χ0v) is 22.2. The van der Waals surface area contributed by atoms with Crippen LogP contribution in [0.15, 0.2) is 66.2 Å². The average Bonchev–Trinajstić information content (AvgIpc) is 2.86. The van der Waals surface area contributed by atoms with Crippen molar-refractivity contribution in [1.82, 2.24) is 5.32 Å². The van der Waals surface area contributed by atoms with Gasteiger partial charge in [-0.15, -0.1) is 0 Å². The normalized spacial score (nSPS) is 12.5. The summed E-state index contributed by atoms with van der Waals surface area (Å²) in [7, 11) is 1.62. The number of benzene rings is 2. The highest BCUT2D eigenvalue weighted by atomic mass is 16.6. The van der Waals surface area contributed by atoms with E-state index in [4.69, 9.17) is 18.9 Å². The van der Waals surface area contributed by atoms with Crippen molar-refractivity contribution in [3.05, 3.63) is 77.4 Å². The van der Waals surface area contributed by atoms with E-state index in [1.54, 1.807) is 34.0 Å². The summed E-state index contributed by atoms with van der Waals surface area (Å²) in [6.07, 6.45) is 2.39. The molecule has 0 aliphatic carbocycles. The standard InChI is InChI=1S/C29H39NO7/c1-29(2,3)37-28(33)30-26(27(32)36-21-23-9-6-5-7-10-23)19-22(16-17-31)11-8-18-35-20-24-12-14-25(34-4)15-13-24/h5-7,9-10,12-16,26,31H,8,11,17-21H2,1-4H3,(H,30,33)/b22-16+/t26-/m0/s1. The molecule has 37 heavy (non-hydrogen) atoms. The van der Waals surface area contributed by atoms with E-state index < -0.39 is 23.7 Å². The lowest BCUT2D eigenvalue weighted by atomic mass is 10.0. The van der Waals surface area contributed by atoms with Crippen molar-refractivity contribution in [3.8, 4) is 5.75 Å². The molecule has 0 aliphatic heterocycles. The van der Waals surface area contributed by atoms with Gasteiger partial charge in [0.25, 0.3) is 0 Å². The summed E-state index contributed by atoms with van der Waals surface area (Å²) < 4.78 is 21.7. The van der Waals surface area contributed by atoms with Crippen LogP contribution in [-0.4, -0.2) is 49.1 Å². The summed E-state index contributed by atoms with van der Waals surface area (Å²) in [6, 6.07) is 16.0. The van der Waals surface area contributed by atoms with E-state index >= 15 is 0 Å². The Morgan fingerprint density at radius 3 is 2.30 bits per heavy atom. The Kier molecular flexibility index (Phi) is 12.7. The van der Waals surface area contributed by atoms with E-state index in [2.05, 4.69) is 5.32 Å². The Bertz CT molecular complexity index is 982. The topological polar surface area (TPSA) is 103 Å². The Morgan fingerprint density at radius 2 is 1.68 bits per heavy atom. The molecule has 0 radical (unpaired) electrons. The Labute approximate surface area is 219 Å². The molecule has 2 aromatic carbocycles. The highest BCUT2D eigenvalue weighted by Crippen LogP contribution is 2.17. The molecule has 8 heteroatoms. The second-order valence-electron chi connectivity index (χ2n) is 9.55. The van der Waals surface area contributed by atoms with E-state index in [9.17, 15) is 14.7 Å². The number of aliphatic hydroxyl groups excluding tert-OH is 1. The van der Waals surface area contributed by atoms with E-state index in [1.165, 1.54) is 0 Å². The number of alkyl carbamates (subject to hydrolysis) is 1. The Hall–Kier alpha value is -3.36. The summed E-state index contributed by atoms with van der Waals surface area (Å²) >= 11 is 0. The lowest BCUT2D eigenvalue weighted by molar-refractivity contribution is -0.147. The molecule has 2 rings (SSSR count). The highest BCUT2D eigenvalue weighted by Gasteiger charge is 2.26. The van der Waals surface area contributed by atoms with Crippen molar-refractivity contribution < 1.29 is 33.6 Å². The van der Waals surface area contributed by atoms with Gasteiger partial charge in [0.2, 0.25) is 0 Å². The van der Waals surface area contributed by atoms with Crippen LogP contribution in [0.4, 0.5) is 4.79 Å². The SMILES string of the molecule is COc1ccc(COCCC/C(=C\CO)C[C@H](NC(=O)OC(C)(C)C)C(=O)OCc2ccccc2)cc1. The number of esters is 1. The number of carbonyl (C=O) groups is 2. The van der Waals surface area contributed by atoms with Gasteiger partial charge in [-0.25, -0.2) is 9.59 Å².